The van der Waals surface area contributed by atoms with Gasteiger partial charge in [0.1, 0.15) is 11.3 Å². The Morgan fingerprint density at radius 2 is 1.91 bits per heavy atom. The highest BCUT2D eigenvalue weighted by Crippen LogP contribution is 2.55. The number of ether oxygens (including phenoxy) is 1. The molecule has 1 saturated heterocycles. The molecule has 1 aliphatic carbocycles. The molecule has 4 aliphatic rings. The van der Waals surface area contributed by atoms with Crippen LogP contribution < -0.4 is 10.1 Å². The lowest BCUT2D eigenvalue weighted by atomic mass is 9.59. The quantitative estimate of drug-likeness (QED) is 0.659. The Balaban J connectivity index is 1.39. The van der Waals surface area contributed by atoms with Crippen molar-refractivity contribution < 1.29 is 9.53 Å². The molecular weight excluding hydrogens is 410 g/mol. The Morgan fingerprint density at radius 3 is 2.61 bits per heavy atom. The summed E-state index contributed by atoms with van der Waals surface area (Å²) in [6, 6.07) is 18.9. The molecule has 0 unspecified atom stereocenters. The van der Waals surface area contributed by atoms with E-state index in [1.165, 1.54) is 5.56 Å². The van der Waals surface area contributed by atoms with Crippen LogP contribution in [0.2, 0.25) is 0 Å². The molecule has 5 nitrogen and oxygen atoms in total. The third kappa shape index (κ3) is 4.08. The van der Waals surface area contributed by atoms with E-state index in [4.69, 9.17) is 9.73 Å². The van der Waals surface area contributed by atoms with Gasteiger partial charge in [0.25, 0.3) is 0 Å². The maximum Gasteiger partial charge on any atom is 0.248 e. The van der Waals surface area contributed by atoms with Gasteiger partial charge in [-0.25, -0.2) is 0 Å². The Morgan fingerprint density at radius 1 is 1.15 bits per heavy atom. The molecule has 6 rings (SSSR count). The van der Waals surface area contributed by atoms with Crippen LogP contribution >= 0.6 is 0 Å². The summed E-state index contributed by atoms with van der Waals surface area (Å²) < 4.78 is 5.33. The molecule has 2 aromatic rings. The van der Waals surface area contributed by atoms with Crippen molar-refractivity contribution in [1.29, 1.82) is 0 Å². The van der Waals surface area contributed by atoms with Crippen LogP contribution in [0.4, 0.5) is 0 Å². The van der Waals surface area contributed by atoms with Crippen molar-refractivity contribution >= 4 is 12.1 Å². The van der Waals surface area contributed by atoms with Crippen molar-refractivity contribution in [2.24, 2.45) is 28.7 Å². The number of hydrogen-bond donors (Lipinski definition) is 1. The van der Waals surface area contributed by atoms with Crippen LogP contribution in [-0.4, -0.2) is 42.3 Å². The number of methoxy groups -OCH3 is 1. The molecule has 3 heterocycles. The van der Waals surface area contributed by atoms with Gasteiger partial charge in [0, 0.05) is 43.7 Å². The molecule has 0 spiro atoms. The monoisotopic (exact) mass is 445 g/mol. The van der Waals surface area contributed by atoms with Crippen LogP contribution in [-0.2, 0) is 17.9 Å². The Hall–Kier alpha value is -2.66. The minimum absolute atomic E-state index is 0.104. The molecule has 174 valence electrons. The minimum atomic E-state index is -0.641. The third-order valence-corrected chi connectivity index (χ3v) is 7.86. The average molecular weight is 446 g/mol. The Labute approximate surface area is 197 Å². The lowest BCUT2D eigenvalue weighted by molar-refractivity contribution is -0.132. The van der Waals surface area contributed by atoms with Gasteiger partial charge >= 0.3 is 0 Å². The fourth-order valence-corrected chi connectivity index (χ4v) is 6.43. The largest absolute Gasteiger partial charge is 0.497 e. The zero-order chi connectivity index (χ0) is 23.0. The van der Waals surface area contributed by atoms with E-state index in [-0.39, 0.29) is 11.8 Å². The molecule has 0 radical (unpaired) electrons. The fraction of sp³-hybridized carbons (Fsp3) is 0.500. The first-order valence-corrected chi connectivity index (χ1v) is 12.2. The van der Waals surface area contributed by atoms with Crippen molar-refractivity contribution in [2.45, 2.75) is 51.4 Å². The van der Waals surface area contributed by atoms with E-state index in [9.17, 15) is 4.79 Å². The van der Waals surface area contributed by atoms with Crippen molar-refractivity contribution in [2.75, 3.05) is 13.7 Å². The molecule has 1 saturated carbocycles. The minimum Gasteiger partial charge on any atom is -0.497 e. The maximum absolute atomic E-state index is 13.7. The van der Waals surface area contributed by atoms with Gasteiger partial charge in [0.15, 0.2) is 0 Å². The number of likely N-dealkylation sites (tertiary alicyclic amines) is 1. The molecule has 5 heteroatoms. The van der Waals surface area contributed by atoms with Gasteiger partial charge in [-0.1, -0.05) is 56.3 Å². The second-order valence-electron chi connectivity index (χ2n) is 10.4. The van der Waals surface area contributed by atoms with Gasteiger partial charge in [0.2, 0.25) is 5.91 Å². The van der Waals surface area contributed by atoms with Crippen molar-refractivity contribution in [1.82, 2.24) is 10.2 Å². The number of hydrogen-bond acceptors (Lipinski definition) is 4. The van der Waals surface area contributed by atoms with Crippen LogP contribution in [0.15, 0.2) is 59.6 Å². The van der Waals surface area contributed by atoms with Gasteiger partial charge in [0.05, 0.1) is 7.11 Å². The molecule has 3 aliphatic heterocycles. The molecule has 2 aromatic carbocycles. The number of benzene rings is 2. The molecule has 33 heavy (non-hydrogen) atoms. The first-order chi connectivity index (χ1) is 16.0. The predicted molar refractivity (Wildman–Crippen MR) is 131 cm³/mol. The first kappa shape index (κ1) is 22.1. The molecule has 1 N–H and O–H groups in total. The van der Waals surface area contributed by atoms with E-state index in [0.29, 0.717) is 30.3 Å². The van der Waals surface area contributed by atoms with Gasteiger partial charge < -0.3 is 10.1 Å². The average Bonchev–Trinajstić information content (AvgIpc) is 3.13. The summed E-state index contributed by atoms with van der Waals surface area (Å²) in [5, 5.41) is 3.25. The Kier molecular flexibility index (Phi) is 6.00. The number of nitrogens with zero attached hydrogens (tertiary/aromatic N) is 2. The number of nitrogens with one attached hydrogen (secondary N) is 1. The second-order valence-corrected chi connectivity index (χ2v) is 10.4. The van der Waals surface area contributed by atoms with E-state index in [1.807, 2.05) is 30.3 Å². The summed E-state index contributed by atoms with van der Waals surface area (Å²) in [6.07, 6.45) is 4.01. The van der Waals surface area contributed by atoms with Gasteiger partial charge in [-0.3, -0.25) is 14.7 Å². The number of amides is 1. The van der Waals surface area contributed by atoms with E-state index < -0.39 is 5.54 Å². The van der Waals surface area contributed by atoms with Gasteiger partial charge in [-0.05, 0) is 47.9 Å². The molecule has 5 atom stereocenters. The number of carbonyl (C=O) groups is 1. The standard InChI is InChI=1S/C28H35N3O2/c1-19(2)13-25-26-24-16-30-28(25,27(32)29-15-20-7-5-4-6-8-20)14-22(24)18-31(26)17-21-9-11-23(33-3)12-10-21/h4-12,16,19,22,24-26H,13-15,17-18H2,1-3H3,(H,29,32)/t22-,24-,25+,26+,28+/m1/s1. The van der Waals surface area contributed by atoms with Crippen LogP contribution in [0.5, 0.6) is 5.75 Å². The van der Waals surface area contributed by atoms with E-state index in [2.05, 4.69) is 54.5 Å². The van der Waals surface area contributed by atoms with Crippen LogP contribution in [0.3, 0.4) is 0 Å². The summed E-state index contributed by atoms with van der Waals surface area (Å²) in [4.78, 5) is 21.4. The summed E-state index contributed by atoms with van der Waals surface area (Å²) in [6.45, 7) is 7.03. The molecule has 4 bridgehead atoms. The topological polar surface area (TPSA) is 53.9 Å². The SMILES string of the molecule is COc1ccc(CN2C[C@H]3C[C@]4(C(=O)NCc5ccccc5)N=C[C@H]3[C@H]2[C@@H]4CC(C)C)cc1. The zero-order valence-corrected chi connectivity index (χ0v) is 19.9. The van der Waals surface area contributed by atoms with Gasteiger partial charge in [-0.15, -0.1) is 0 Å². The van der Waals surface area contributed by atoms with Crippen molar-refractivity contribution in [3.8, 4) is 5.75 Å². The zero-order valence-electron chi connectivity index (χ0n) is 19.9. The van der Waals surface area contributed by atoms with E-state index in [0.717, 1.165) is 37.2 Å². The predicted octanol–water partition coefficient (Wildman–Crippen LogP) is 4.32. The van der Waals surface area contributed by atoms with Crippen molar-refractivity contribution in [3.05, 3.63) is 65.7 Å². The van der Waals surface area contributed by atoms with E-state index in [1.54, 1.807) is 7.11 Å². The van der Waals surface area contributed by atoms with Crippen molar-refractivity contribution in [3.63, 3.8) is 0 Å². The molecule has 0 aromatic heterocycles. The number of aliphatic imine (C=N–C) groups is 1. The highest BCUT2D eigenvalue weighted by atomic mass is 16.5. The lowest BCUT2D eigenvalue weighted by Crippen LogP contribution is -2.63. The smallest absolute Gasteiger partial charge is 0.248 e. The fourth-order valence-electron chi connectivity index (χ4n) is 6.43. The van der Waals surface area contributed by atoms with Gasteiger partial charge in [-0.2, -0.15) is 0 Å². The number of carbonyl (C=O) groups excluding carboxylic acids is 1. The van der Waals surface area contributed by atoms with Crippen LogP contribution in [0, 0.1) is 23.7 Å². The van der Waals surface area contributed by atoms with Crippen LogP contribution in [0.1, 0.15) is 37.8 Å². The lowest BCUT2D eigenvalue weighted by Gasteiger charge is -2.51. The molecule has 2 fully saturated rings. The normalized spacial score (nSPS) is 30.1. The van der Waals surface area contributed by atoms with E-state index >= 15 is 0 Å². The second kappa shape index (κ2) is 8.94. The first-order valence-electron chi connectivity index (χ1n) is 12.2. The highest BCUT2D eigenvalue weighted by Gasteiger charge is 2.63. The summed E-state index contributed by atoms with van der Waals surface area (Å²) >= 11 is 0. The molecular formula is C28H35N3O2. The third-order valence-electron chi connectivity index (χ3n) is 7.86. The Bertz CT molecular complexity index is 1000. The molecule has 1 amide bonds. The van der Waals surface area contributed by atoms with Crippen LogP contribution in [0.25, 0.3) is 0 Å². The summed E-state index contributed by atoms with van der Waals surface area (Å²) in [7, 11) is 1.70. The summed E-state index contributed by atoms with van der Waals surface area (Å²) in [5.41, 5.74) is 1.78. The summed E-state index contributed by atoms with van der Waals surface area (Å²) in [5.74, 6) is 2.70. The maximum atomic E-state index is 13.7. The number of rotatable bonds is 8. The highest BCUT2D eigenvalue weighted by molar-refractivity contribution is 5.91.